The van der Waals surface area contributed by atoms with E-state index in [-0.39, 0.29) is 36.5 Å². The normalized spacial score (nSPS) is 18.3. The van der Waals surface area contributed by atoms with Gasteiger partial charge >= 0.3 is 0 Å². The molecule has 0 unspecified atom stereocenters. The number of carbonyl (C=O) groups is 4. The van der Waals surface area contributed by atoms with Gasteiger partial charge in [0.2, 0.25) is 11.8 Å². The molecule has 0 radical (unpaired) electrons. The summed E-state index contributed by atoms with van der Waals surface area (Å²) in [6, 6.07) is 6.35. The van der Waals surface area contributed by atoms with Crippen molar-refractivity contribution < 1.29 is 19.2 Å². The maximum absolute atomic E-state index is 12.8. The number of imide groups is 1. The molecular formula is C22H23N3O4S. The molecule has 30 heavy (non-hydrogen) atoms. The van der Waals surface area contributed by atoms with Crippen molar-refractivity contribution in [2.24, 2.45) is 5.92 Å². The SMILES string of the molecule is CNC(=O)c1c(NC(=O)c2ccc(N3C(=O)CCC3=O)cc2)sc2c1CC[C@@H](C)C2. The molecule has 8 heteroatoms. The summed E-state index contributed by atoms with van der Waals surface area (Å²) in [7, 11) is 1.59. The highest BCUT2D eigenvalue weighted by atomic mass is 32.1. The highest BCUT2D eigenvalue weighted by Crippen LogP contribution is 2.39. The number of nitrogens with zero attached hydrogens (tertiary/aromatic N) is 1. The lowest BCUT2D eigenvalue weighted by atomic mass is 9.88. The summed E-state index contributed by atoms with van der Waals surface area (Å²) in [6.07, 6.45) is 3.19. The molecule has 2 N–H and O–H groups in total. The zero-order valence-corrected chi connectivity index (χ0v) is 17.7. The van der Waals surface area contributed by atoms with Crippen molar-refractivity contribution in [1.29, 1.82) is 0 Å². The first-order valence-electron chi connectivity index (χ1n) is 10.0. The van der Waals surface area contributed by atoms with E-state index in [9.17, 15) is 19.2 Å². The van der Waals surface area contributed by atoms with E-state index >= 15 is 0 Å². The Kier molecular flexibility index (Phi) is 5.42. The first-order valence-corrected chi connectivity index (χ1v) is 10.8. The van der Waals surface area contributed by atoms with Crippen LogP contribution in [0.3, 0.4) is 0 Å². The van der Waals surface area contributed by atoms with Crippen molar-refractivity contribution in [3.8, 4) is 0 Å². The smallest absolute Gasteiger partial charge is 0.256 e. The molecule has 4 rings (SSSR count). The zero-order valence-electron chi connectivity index (χ0n) is 16.9. The van der Waals surface area contributed by atoms with Crippen molar-refractivity contribution >= 4 is 45.7 Å². The van der Waals surface area contributed by atoms with Gasteiger partial charge in [-0.2, -0.15) is 0 Å². The predicted molar refractivity (Wildman–Crippen MR) is 115 cm³/mol. The van der Waals surface area contributed by atoms with Crippen LogP contribution in [0.5, 0.6) is 0 Å². The lowest BCUT2D eigenvalue weighted by Gasteiger charge is -2.18. The Morgan fingerprint density at radius 2 is 1.70 bits per heavy atom. The molecule has 0 spiro atoms. The van der Waals surface area contributed by atoms with Crippen LogP contribution in [0.1, 0.15) is 57.3 Å². The number of fused-ring (bicyclic) bond motifs is 1. The molecule has 1 aliphatic carbocycles. The quantitative estimate of drug-likeness (QED) is 0.736. The van der Waals surface area contributed by atoms with Crippen LogP contribution in [-0.2, 0) is 22.4 Å². The molecule has 0 saturated carbocycles. The summed E-state index contributed by atoms with van der Waals surface area (Å²) in [5.74, 6) is -0.436. The lowest BCUT2D eigenvalue weighted by molar-refractivity contribution is -0.121. The van der Waals surface area contributed by atoms with Crippen LogP contribution in [-0.4, -0.2) is 30.7 Å². The molecule has 1 aliphatic heterocycles. The van der Waals surface area contributed by atoms with Crippen LogP contribution >= 0.6 is 11.3 Å². The number of carbonyl (C=O) groups excluding carboxylic acids is 4. The Bertz CT molecular complexity index is 1030. The molecule has 1 atom stereocenters. The van der Waals surface area contributed by atoms with Gasteiger partial charge in [-0.1, -0.05) is 6.92 Å². The molecule has 1 fully saturated rings. The predicted octanol–water partition coefficient (Wildman–Crippen LogP) is 3.14. The third-order valence-corrected chi connectivity index (χ3v) is 6.80. The Balaban J connectivity index is 1.57. The van der Waals surface area contributed by atoms with Gasteiger partial charge in [-0.25, -0.2) is 0 Å². The van der Waals surface area contributed by atoms with E-state index in [0.29, 0.717) is 27.7 Å². The van der Waals surface area contributed by atoms with Gasteiger partial charge in [-0.05, 0) is 55.0 Å². The number of rotatable bonds is 4. The number of amides is 4. The fourth-order valence-corrected chi connectivity index (χ4v) is 5.41. The second-order valence-corrected chi connectivity index (χ2v) is 8.86. The van der Waals surface area contributed by atoms with Crippen molar-refractivity contribution in [1.82, 2.24) is 5.32 Å². The van der Waals surface area contributed by atoms with Crippen LogP contribution in [0.25, 0.3) is 0 Å². The maximum Gasteiger partial charge on any atom is 0.256 e. The minimum absolute atomic E-state index is 0.196. The van der Waals surface area contributed by atoms with Gasteiger partial charge in [0.15, 0.2) is 0 Å². The van der Waals surface area contributed by atoms with Gasteiger partial charge in [0.05, 0.1) is 11.3 Å². The molecule has 4 amide bonds. The Hall–Kier alpha value is -3.00. The Morgan fingerprint density at radius 1 is 1.03 bits per heavy atom. The average molecular weight is 426 g/mol. The molecule has 1 saturated heterocycles. The molecule has 7 nitrogen and oxygen atoms in total. The van der Waals surface area contributed by atoms with Crippen LogP contribution in [0, 0.1) is 5.92 Å². The van der Waals surface area contributed by atoms with E-state index in [0.717, 1.165) is 34.6 Å². The average Bonchev–Trinajstić information content (AvgIpc) is 3.25. The van der Waals surface area contributed by atoms with E-state index in [1.165, 1.54) is 11.3 Å². The van der Waals surface area contributed by atoms with Crippen molar-refractivity contribution in [2.45, 2.75) is 39.0 Å². The summed E-state index contributed by atoms with van der Waals surface area (Å²) in [4.78, 5) is 51.4. The van der Waals surface area contributed by atoms with E-state index in [1.807, 2.05) is 0 Å². The largest absolute Gasteiger partial charge is 0.355 e. The molecule has 0 bridgehead atoms. The summed E-state index contributed by atoms with van der Waals surface area (Å²) in [5, 5.41) is 6.13. The fraction of sp³-hybridized carbons (Fsp3) is 0.364. The molecule has 2 heterocycles. The van der Waals surface area contributed by atoms with Crippen molar-refractivity contribution in [2.75, 3.05) is 17.3 Å². The molecule has 1 aromatic carbocycles. The van der Waals surface area contributed by atoms with Gasteiger partial charge < -0.3 is 10.6 Å². The van der Waals surface area contributed by atoms with Crippen molar-refractivity contribution in [3.63, 3.8) is 0 Å². The summed E-state index contributed by atoms with van der Waals surface area (Å²) < 4.78 is 0. The molecule has 1 aromatic heterocycles. The number of hydrogen-bond donors (Lipinski definition) is 2. The maximum atomic E-state index is 12.8. The van der Waals surface area contributed by atoms with Crippen LogP contribution in [0.15, 0.2) is 24.3 Å². The Labute approximate surface area is 178 Å². The second-order valence-electron chi connectivity index (χ2n) is 7.76. The van der Waals surface area contributed by atoms with E-state index < -0.39 is 0 Å². The van der Waals surface area contributed by atoms with Gasteiger partial charge in [0, 0.05) is 30.3 Å². The number of anilines is 2. The van der Waals surface area contributed by atoms with Gasteiger partial charge in [0.1, 0.15) is 5.00 Å². The van der Waals surface area contributed by atoms with Gasteiger partial charge in [-0.15, -0.1) is 11.3 Å². The molecule has 2 aromatic rings. The lowest BCUT2D eigenvalue weighted by Crippen LogP contribution is -2.28. The Morgan fingerprint density at radius 3 is 2.33 bits per heavy atom. The number of nitrogens with one attached hydrogen (secondary N) is 2. The first-order chi connectivity index (χ1) is 14.4. The molecular weight excluding hydrogens is 402 g/mol. The minimum Gasteiger partial charge on any atom is -0.355 e. The second kappa shape index (κ2) is 8.02. The van der Waals surface area contributed by atoms with E-state index in [1.54, 1.807) is 31.3 Å². The van der Waals surface area contributed by atoms with E-state index in [4.69, 9.17) is 0 Å². The number of thiophene rings is 1. The molecule has 156 valence electrons. The van der Waals surface area contributed by atoms with Gasteiger partial charge in [0.25, 0.3) is 11.8 Å². The summed E-state index contributed by atoms with van der Waals surface area (Å²) in [5.41, 5.74) is 2.45. The molecule has 2 aliphatic rings. The highest BCUT2D eigenvalue weighted by Gasteiger charge is 2.31. The monoisotopic (exact) mass is 425 g/mol. The summed E-state index contributed by atoms with van der Waals surface area (Å²) in [6.45, 7) is 2.19. The summed E-state index contributed by atoms with van der Waals surface area (Å²) >= 11 is 1.47. The third-order valence-electron chi connectivity index (χ3n) is 5.63. The minimum atomic E-state index is -0.336. The van der Waals surface area contributed by atoms with Crippen LogP contribution in [0.4, 0.5) is 10.7 Å². The fourth-order valence-electron chi connectivity index (χ4n) is 4.01. The third kappa shape index (κ3) is 3.63. The zero-order chi connectivity index (χ0) is 21.4. The number of benzene rings is 1. The van der Waals surface area contributed by atoms with Crippen molar-refractivity contribution in [3.05, 3.63) is 45.8 Å². The standard InChI is InChI=1S/C22H23N3O4S/c1-12-3-8-15-16(11-12)30-22(19(15)21(29)23-2)24-20(28)13-4-6-14(7-5-13)25-17(26)9-10-18(25)27/h4-7,12H,3,8-11H2,1-2H3,(H,23,29)(H,24,28)/t12-/m1/s1. The van der Waals surface area contributed by atoms with Gasteiger partial charge in [-0.3, -0.25) is 24.1 Å². The van der Waals surface area contributed by atoms with Crippen LogP contribution in [0.2, 0.25) is 0 Å². The van der Waals surface area contributed by atoms with E-state index in [2.05, 4.69) is 17.6 Å². The number of hydrogen-bond acceptors (Lipinski definition) is 5. The topological polar surface area (TPSA) is 95.6 Å². The first kappa shape index (κ1) is 20.3. The van der Waals surface area contributed by atoms with Crippen LogP contribution < -0.4 is 15.5 Å². The highest BCUT2D eigenvalue weighted by molar-refractivity contribution is 7.17.